The van der Waals surface area contributed by atoms with Crippen molar-refractivity contribution in [2.24, 2.45) is 0 Å². The molecule has 3 heteroatoms. The fourth-order valence-electron chi connectivity index (χ4n) is 2.18. The van der Waals surface area contributed by atoms with E-state index in [2.05, 4.69) is 53.4 Å². The van der Waals surface area contributed by atoms with E-state index in [0.717, 1.165) is 5.47 Å². The number of hydrogen-bond acceptors (Lipinski definition) is 2. The summed E-state index contributed by atoms with van der Waals surface area (Å²) in [5.74, 6) is 0. The van der Waals surface area contributed by atoms with E-state index in [4.69, 9.17) is 0 Å². The second kappa shape index (κ2) is 3.30. The third kappa shape index (κ3) is 1.28. The molecule has 0 radical (unpaired) electrons. The summed E-state index contributed by atoms with van der Waals surface area (Å²) in [6.07, 6.45) is 0. The summed E-state index contributed by atoms with van der Waals surface area (Å²) in [5.41, 5.74) is 3.45. The minimum absolute atomic E-state index is 0.125. The van der Waals surface area contributed by atoms with Gasteiger partial charge >= 0.3 is 6.98 Å². The van der Waals surface area contributed by atoms with Crippen LogP contribution in [-0.2, 0) is 0 Å². The predicted octanol–water partition coefficient (Wildman–Crippen LogP) is 3.28. The second-order valence-corrected chi connectivity index (χ2v) is 4.28. The summed E-state index contributed by atoms with van der Waals surface area (Å²) in [6, 6.07) is 12.6. The lowest BCUT2D eigenvalue weighted by Crippen LogP contribution is -2.38. The Bertz CT molecular complexity index is 536. The molecule has 1 aliphatic heterocycles. The molecule has 0 fully saturated rings. The molecule has 2 N–H and O–H groups in total. The van der Waals surface area contributed by atoms with Gasteiger partial charge in [-0.3, -0.25) is 0 Å². The number of benzene rings is 2. The van der Waals surface area contributed by atoms with E-state index >= 15 is 0 Å². The number of allylic oxidation sites excluding steroid dienone is 1. The van der Waals surface area contributed by atoms with Gasteiger partial charge in [0.25, 0.3) is 0 Å². The monoisotopic (exact) mass is 208 g/mol. The van der Waals surface area contributed by atoms with E-state index in [0.29, 0.717) is 0 Å². The molecule has 2 aromatic carbocycles. The Kier molecular flexibility index (Phi) is 1.93. The Morgan fingerprint density at radius 3 is 2.12 bits per heavy atom. The summed E-state index contributed by atoms with van der Waals surface area (Å²) in [5, 5.41) is 9.43. The fraction of sp³-hybridized carbons (Fsp3) is 0.0769. The van der Waals surface area contributed by atoms with Crippen LogP contribution in [0, 0.1) is 0 Å². The molecule has 0 atom stereocenters. The third-order valence-electron chi connectivity index (χ3n) is 3.00. The Labute approximate surface area is 95.5 Å². The molecule has 0 aromatic heterocycles. The molecular weight excluding hydrogens is 195 g/mol. The van der Waals surface area contributed by atoms with Gasteiger partial charge in [-0.1, -0.05) is 29.7 Å². The summed E-state index contributed by atoms with van der Waals surface area (Å²) >= 11 is 0. The van der Waals surface area contributed by atoms with Gasteiger partial charge in [-0.2, -0.15) is 0 Å². The first-order valence-corrected chi connectivity index (χ1v) is 5.46. The predicted molar refractivity (Wildman–Crippen MR) is 71.8 cm³/mol. The number of rotatable bonds is 1. The minimum atomic E-state index is 0.125. The van der Waals surface area contributed by atoms with Crippen LogP contribution in [0.2, 0.25) is 0 Å². The molecule has 0 aliphatic carbocycles. The van der Waals surface area contributed by atoms with Gasteiger partial charge in [0.2, 0.25) is 0 Å². The van der Waals surface area contributed by atoms with E-state index in [1.807, 2.05) is 6.92 Å². The summed E-state index contributed by atoms with van der Waals surface area (Å²) in [7, 11) is 0. The smallest absolute Gasteiger partial charge is 0.400 e. The van der Waals surface area contributed by atoms with Crippen LogP contribution in [0.3, 0.4) is 0 Å². The largest absolute Gasteiger partial charge is 0.405 e. The summed E-state index contributed by atoms with van der Waals surface area (Å²) in [6.45, 7) is 6.14. The highest BCUT2D eigenvalue weighted by atomic mass is 15.0. The molecule has 0 bridgehead atoms. The second-order valence-electron chi connectivity index (χ2n) is 4.28. The average Bonchev–Trinajstić information content (AvgIpc) is 2.29. The van der Waals surface area contributed by atoms with Gasteiger partial charge in [0, 0.05) is 16.8 Å². The highest BCUT2D eigenvalue weighted by Crippen LogP contribution is 2.34. The Morgan fingerprint density at radius 2 is 1.62 bits per heavy atom. The highest BCUT2D eigenvalue weighted by molar-refractivity contribution is 6.74. The van der Waals surface area contributed by atoms with Crippen molar-refractivity contribution in [3.8, 4) is 0 Å². The van der Waals surface area contributed by atoms with E-state index in [9.17, 15) is 0 Å². The van der Waals surface area contributed by atoms with E-state index in [1.54, 1.807) is 0 Å². The van der Waals surface area contributed by atoms with Crippen LogP contribution in [-0.4, -0.2) is 6.98 Å². The van der Waals surface area contributed by atoms with Gasteiger partial charge in [0.1, 0.15) is 0 Å². The standard InChI is InChI=1S/C13H13BN2/c1-9(2)14-15-11-7-3-5-10-6-4-8-12(16-14)13(10)11/h3-8,15-16H,1H2,2H3. The number of nitrogens with one attached hydrogen (secondary N) is 2. The molecule has 1 heterocycles. The maximum absolute atomic E-state index is 3.99. The van der Waals surface area contributed by atoms with Crippen molar-refractivity contribution in [1.82, 2.24) is 0 Å². The quantitative estimate of drug-likeness (QED) is 0.702. The van der Waals surface area contributed by atoms with Crippen molar-refractivity contribution in [2.45, 2.75) is 6.92 Å². The topological polar surface area (TPSA) is 24.1 Å². The van der Waals surface area contributed by atoms with E-state index < -0.39 is 0 Å². The molecule has 3 rings (SSSR count). The van der Waals surface area contributed by atoms with E-state index in [-0.39, 0.29) is 6.98 Å². The van der Waals surface area contributed by atoms with Gasteiger partial charge in [0.15, 0.2) is 0 Å². The Morgan fingerprint density at radius 1 is 1.06 bits per heavy atom. The minimum Gasteiger partial charge on any atom is -0.405 e. The zero-order valence-corrected chi connectivity index (χ0v) is 9.25. The van der Waals surface area contributed by atoms with Crippen molar-refractivity contribution in [3.05, 3.63) is 48.4 Å². The molecule has 0 spiro atoms. The average molecular weight is 208 g/mol. The molecule has 1 aliphatic rings. The maximum Gasteiger partial charge on any atom is 0.400 e. The van der Waals surface area contributed by atoms with Crippen molar-refractivity contribution in [2.75, 3.05) is 10.5 Å². The SMILES string of the molecule is C=C(C)B1Nc2cccc3cccc(c23)N1. The lowest BCUT2D eigenvalue weighted by molar-refractivity contribution is 1.54. The van der Waals surface area contributed by atoms with Crippen LogP contribution in [0.25, 0.3) is 10.8 Å². The van der Waals surface area contributed by atoms with Crippen LogP contribution in [0.15, 0.2) is 48.4 Å². The number of hydrogen-bond donors (Lipinski definition) is 2. The third-order valence-corrected chi connectivity index (χ3v) is 3.00. The molecule has 0 saturated carbocycles. The molecule has 0 unspecified atom stereocenters. The van der Waals surface area contributed by atoms with Gasteiger partial charge in [-0.15, -0.1) is 6.58 Å². The first-order valence-electron chi connectivity index (χ1n) is 5.46. The van der Waals surface area contributed by atoms with Gasteiger partial charge in [-0.25, -0.2) is 0 Å². The van der Waals surface area contributed by atoms with E-state index in [1.165, 1.54) is 22.1 Å². The van der Waals surface area contributed by atoms with Gasteiger partial charge < -0.3 is 10.5 Å². The van der Waals surface area contributed by atoms with Crippen molar-refractivity contribution in [1.29, 1.82) is 0 Å². The summed E-state index contributed by atoms with van der Waals surface area (Å²) in [4.78, 5) is 0. The zero-order valence-electron chi connectivity index (χ0n) is 9.25. The van der Waals surface area contributed by atoms with Gasteiger partial charge in [-0.05, 0) is 24.4 Å². The molecule has 2 aromatic rings. The van der Waals surface area contributed by atoms with Crippen LogP contribution in [0.5, 0.6) is 0 Å². The van der Waals surface area contributed by atoms with Gasteiger partial charge in [0.05, 0.1) is 0 Å². The van der Waals surface area contributed by atoms with Crippen molar-refractivity contribution >= 4 is 29.1 Å². The normalized spacial score (nSPS) is 13.2. The zero-order chi connectivity index (χ0) is 11.1. The van der Waals surface area contributed by atoms with Crippen LogP contribution in [0.4, 0.5) is 11.4 Å². The Balaban J connectivity index is 2.23. The highest BCUT2D eigenvalue weighted by Gasteiger charge is 2.23. The van der Waals surface area contributed by atoms with Crippen LogP contribution < -0.4 is 10.5 Å². The molecule has 16 heavy (non-hydrogen) atoms. The number of anilines is 2. The first-order chi connectivity index (χ1) is 7.75. The summed E-state index contributed by atoms with van der Waals surface area (Å²) < 4.78 is 0. The Hall–Kier alpha value is -1.90. The van der Waals surface area contributed by atoms with Crippen molar-refractivity contribution in [3.63, 3.8) is 0 Å². The van der Waals surface area contributed by atoms with Crippen molar-refractivity contribution < 1.29 is 0 Å². The lowest BCUT2D eigenvalue weighted by atomic mass is 9.67. The lowest BCUT2D eigenvalue weighted by Gasteiger charge is -2.26. The van der Waals surface area contributed by atoms with Crippen LogP contribution in [0.1, 0.15) is 6.92 Å². The fourth-order valence-corrected chi connectivity index (χ4v) is 2.18. The molecule has 2 nitrogen and oxygen atoms in total. The maximum atomic E-state index is 3.99. The molecule has 0 amide bonds. The molecule has 0 saturated heterocycles. The van der Waals surface area contributed by atoms with Crippen LogP contribution >= 0.6 is 0 Å². The molecule has 78 valence electrons. The molecular formula is C13H13BN2. The first kappa shape index (κ1) is 9.34.